The van der Waals surface area contributed by atoms with Crippen LogP contribution in [-0.2, 0) is 12.8 Å². The highest BCUT2D eigenvalue weighted by Gasteiger charge is 2.23. The van der Waals surface area contributed by atoms with Gasteiger partial charge in [0.1, 0.15) is 0 Å². The van der Waals surface area contributed by atoms with Gasteiger partial charge in [0.05, 0.1) is 0 Å². The highest BCUT2D eigenvalue weighted by molar-refractivity contribution is 7.97. The normalized spacial score (nSPS) is 18.9. The van der Waals surface area contributed by atoms with Crippen molar-refractivity contribution in [2.75, 3.05) is 18.0 Å². The van der Waals surface area contributed by atoms with E-state index in [0.29, 0.717) is 0 Å². The second-order valence-corrected chi connectivity index (χ2v) is 5.11. The van der Waals surface area contributed by atoms with Gasteiger partial charge in [0, 0.05) is 23.7 Å². The highest BCUT2D eigenvalue weighted by Crippen LogP contribution is 2.37. The standard InChI is InChI=1S/C12H16N2S/c13-15-11-7-9-3-1-5-14-6-2-4-10(8-11)12(9)14/h7-8H,1-6,13H2. The van der Waals surface area contributed by atoms with Gasteiger partial charge in [0.25, 0.3) is 0 Å². The SMILES string of the molecule is NSc1cc2c3c(c1)CCCN3CCC2. The first-order valence-corrected chi connectivity index (χ1v) is 6.54. The van der Waals surface area contributed by atoms with Gasteiger partial charge in [-0.15, -0.1) is 0 Å². The molecule has 2 N–H and O–H groups in total. The lowest BCUT2D eigenvalue weighted by Gasteiger charge is -2.37. The molecule has 2 aliphatic heterocycles. The van der Waals surface area contributed by atoms with Crippen molar-refractivity contribution in [3.8, 4) is 0 Å². The smallest absolute Gasteiger partial charge is 0.0432 e. The molecule has 0 saturated carbocycles. The number of hydrogen-bond acceptors (Lipinski definition) is 3. The van der Waals surface area contributed by atoms with E-state index < -0.39 is 0 Å². The van der Waals surface area contributed by atoms with Crippen molar-refractivity contribution in [1.82, 2.24) is 0 Å². The highest BCUT2D eigenvalue weighted by atomic mass is 32.2. The van der Waals surface area contributed by atoms with E-state index in [0.717, 1.165) is 0 Å². The van der Waals surface area contributed by atoms with Gasteiger partial charge >= 0.3 is 0 Å². The topological polar surface area (TPSA) is 29.3 Å². The van der Waals surface area contributed by atoms with E-state index in [1.807, 2.05) is 0 Å². The third kappa shape index (κ3) is 1.54. The maximum absolute atomic E-state index is 5.66. The van der Waals surface area contributed by atoms with E-state index in [-0.39, 0.29) is 0 Å². The van der Waals surface area contributed by atoms with Gasteiger partial charge in [-0.25, -0.2) is 0 Å². The van der Waals surface area contributed by atoms with Crippen LogP contribution in [0.2, 0.25) is 0 Å². The van der Waals surface area contributed by atoms with Crippen LogP contribution < -0.4 is 10.0 Å². The average Bonchev–Trinajstić information content (AvgIpc) is 2.29. The fourth-order valence-corrected chi connectivity index (χ4v) is 3.26. The average molecular weight is 220 g/mol. The molecule has 0 saturated heterocycles. The molecule has 0 aliphatic carbocycles. The molecule has 3 rings (SSSR count). The van der Waals surface area contributed by atoms with Crippen LogP contribution in [0.15, 0.2) is 17.0 Å². The summed E-state index contributed by atoms with van der Waals surface area (Å²) in [5.41, 5.74) is 4.57. The van der Waals surface area contributed by atoms with Gasteiger partial charge in [0.15, 0.2) is 0 Å². The molecule has 1 aromatic carbocycles. The quantitative estimate of drug-likeness (QED) is 0.737. The lowest BCUT2D eigenvalue weighted by molar-refractivity contribution is 0.632. The molecule has 0 amide bonds. The second kappa shape index (κ2) is 3.72. The minimum absolute atomic E-state index is 1.23. The van der Waals surface area contributed by atoms with Crippen LogP contribution in [0.25, 0.3) is 0 Å². The molecule has 0 atom stereocenters. The molecule has 0 aromatic heterocycles. The summed E-state index contributed by atoms with van der Waals surface area (Å²) in [5, 5.41) is 5.66. The summed E-state index contributed by atoms with van der Waals surface area (Å²) in [6.45, 7) is 2.49. The monoisotopic (exact) mass is 220 g/mol. The van der Waals surface area contributed by atoms with Gasteiger partial charge in [-0.05, 0) is 60.9 Å². The Kier molecular flexibility index (Phi) is 2.37. The van der Waals surface area contributed by atoms with Crippen molar-refractivity contribution in [3.63, 3.8) is 0 Å². The fraction of sp³-hybridized carbons (Fsp3) is 0.500. The van der Waals surface area contributed by atoms with Gasteiger partial charge in [-0.3, -0.25) is 5.14 Å². The maximum Gasteiger partial charge on any atom is 0.0432 e. The van der Waals surface area contributed by atoms with Gasteiger partial charge in [-0.1, -0.05) is 0 Å². The molecule has 0 bridgehead atoms. The number of hydrogen-bond donors (Lipinski definition) is 1. The largest absolute Gasteiger partial charge is 0.371 e. The Morgan fingerprint density at radius 3 is 2.20 bits per heavy atom. The number of anilines is 1. The third-order valence-electron chi connectivity index (χ3n) is 3.44. The maximum atomic E-state index is 5.66. The summed E-state index contributed by atoms with van der Waals surface area (Å²) in [6, 6.07) is 4.56. The van der Waals surface area contributed by atoms with E-state index in [9.17, 15) is 0 Å². The van der Waals surface area contributed by atoms with Crippen LogP contribution in [0.4, 0.5) is 5.69 Å². The zero-order chi connectivity index (χ0) is 10.3. The van der Waals surface area contributed by atoms with Crippen LogP contribution in [0.1, 0.15) is 24.0 Å². The van der Waals surface area contributed by atoms with E-state index in [1.165, 1.54) is 72.4 Å². The van der Waals surface area contributed by atoms with Gasteiger partial charge in [-0.2, -0.15) is 0 Å². The zero-order valence-corrected chi connectivity index (χ0v) is 9.65. The molecular weight excluding hydrogens is 204 g/mol. The Balaban J connectivity index is 2.15. The minimum atomic E-state index is 1.23. The molecule has 80 valence electrons. The Bertz CT molecular complexity index is 358. The summed E-state index contributed by atoms with van der Waals surface area (Å²) in [5.74, 6) is 0. The first-order chi connectivity index (χ1) is 7.38. The predicted octanol–water partition coefficient (Wildman–Crippen LogP) is 2.35. The summed E-state index contributed by atoms with van der Waals surface area (Å²) >= 11 is 1.38. The lowest BCUT2D eigenvalue weighted by Crippen LogP contribution is -2.34. The summed E-state index contributed by atoms with van der Waals surface area (Å²) in [4.78, 5) is 3.79. The number of nitrogens with two attached hydrogens (primary N) is 1. The molecule has 0 spiro atoms. The first-order valence-electron chi connectivity index (χ1n) is 5.66. The summed E-state index contributed by atoms with van der Waals surface area (Å²) in [6.07, 6.45) is 5.05. The molecule has 2 heterocycles. The van der Waals surface area contributed by atoms with E-state index >= 15 is 0 Å². The predicted molar refractivity (Wildman–Crippen MR) is 65.3 cm³/mol. The van der Waals surface area contributed by atoms with Crippen LogP contribution in [0.3, 0.4) is 0 Å². The Hall–Kier alpha value is -0.670. The number of benzene rings is 1. The second-order valence-electron chi connectivity index (χ2n) is 4.40. The third-order valence-corrected chi connectivity index (χ3v) is 3.95. The van der Waals surface area contributed by atoms with Crippen LogP contribution in [0, 0.1) is 0 Å². The Morgan fingerprint density at radius 1 is 1.07 bits per heavy atom. The van der Waals surface area contributed by atoms with Crippen molar-refractivity contribution in [3.05, 3.63) is 23.3 Å². The van der Waals surface area contributed by atoms with Crippen molar-refractivity contribution in [2.24, 2.45) is 5.14 Å². The van der Waals surface area contributed by atoms with Gasteiger partial charge in [0.2, 0.25) is 0 Å². The molecule has 0 radical (unpaired) electrons. The number of aryl methyl sites for hydroxylation is 2. The molecule has 15 heavy (non-hydrogen) atoms. The molecule has 0 fully saturated rings. The van der Waals surface area contributed by atoms with Crippen LogP contribution in [0.5, 0.6) is 0 Å². The summed E-state index contributed by atoms with van der Waals surface area (Å²) in [7, 11) is 0. The van der Waals surface area contributed by atoms with E-state index in [1.54, 1.807) is 0 Å². The molecule has 2 aliphatic rings. The van der Waals surface area contributed by atoms with Crippen molar-refractivity contribution in [1.29, 1.82) is 0 Å². The molecule has 3 heteroatoms. The molecule has 2 nitrogen and oxygen atoms in total. The molecule has 0 unspecified atom stereocenters. The van der Waals surface area contributed by atoms with Crippen molar-refractivity contribution < 1.29 is 0 Å². The Labute approximate surface area is 95.0 Å². The van der Waals surface area contributed by atoms with Crippen molar-refractivity contribution in [2.45, 2.75) is 30.6 Å². The molecular formula is C12H16N2S. The van der Waals surface area contributed by atoms with Crippen molar-refractivity contribution >= 4 is 17.6 Å². The zero-order valence-electron chi connectivity index (χ0n) is 8.83. The van der Waals surface area contributed by atoms with E-state index in [2.05, 4.69) is 17.0 Å². The summed E-state index contributed by atoms with van der Waals surface area (Å²) < 4.78 is 0. The number of rotatable bonds is 1. The Morgan fingerprint density at radius 2 is 1.67 bits per heavy atom. The van der Waals surface area contributed by atoms with Crippen LogP contribution >= 0.6 is 11.9 Å². The van der Waals surface area contributed by atoms with E-state index in [4.69, 9.17) is 5.14 Å². The van der Waals surface area contributed by atoms with Crippen LogP contribution in [-0.4, -0.2) is 13.1 Å². The fourth-order valence-electron chi connectivity index (χ4n) is 2.84. The minimum Gasteiger partial charge on any atom is -0.371 e. The van der Waals surface area contributed by atoms with Gasteiger partial charge < -0.3 is 4.90 Å². The lowest BCUT2D eigenvalue weighted by atomic mass is 9.92. The molecule has 1 aromatic rings. The number of nitrogens with zero attached hydrogens (tertiary/aromatic N) is 1. The first kappa shape index (κ1) is 9.55.